The number of ketones is 1. The van der Waals surface area contributed by atoms with E-state index in [9.17, 15) is 14.4 Å². The van der Waals surface area contributed by atoms with Crippen molar-refractivity contribution in [2.24, 2.45) is 5.41 Å². The molecule has 2 aromatic rings. The van der Waals surface area contributed by atoms with Gasteiger partial charge >= 0.3 is 5.97 Å². The van der Waals surface area contributed by atoms with Gasteiger partial charge in [0.2, 0.25) is 0 Å². The van der Waals surface area contributed by atoms with Gasteiger partial charge in [0.25, 0.3) is 5.56 Å². The Hall–Kier alpha value is -2.57. The average Bonchev–Trinajstić information content (AvgIpc) is 2.47. The summed E-state index contributed by atoms with van der Waals surface area (Å²) in [5.41, 5.74) is -0.551. The lowest BCUT2D eigenvalue weighted by Crippen LogP contribution is -2.31. The van der Waals surface area contributed by atoms with Crippen LogP contribution in [-0.4, -0.2) is 33.4 Å². The van der Waals surface area contributed by atoms with Crippen LogP contribution < -0.4 is 5.56 Å². The molecule has 2 rings (SSSR count). The molecular weight excluding hydrogens is 286 g/mol. The number of benzene rings is 1. The second-order valence-corrected chi connectivity index (χ2v) is 5.90. The van der Waals surface area contributed by atoms with Crippen molar-refractivity contribution >= 4 is 22.7 Å². The third-order valence-corrected chi connectivity index (χ3v) is 3.11. The predicted octanol–water partition coefficient (Wildman–Crippen LogP) is 0.950. The zero-order valence-electron chi connectivity index (χ0n) is 12.7. The number of hydrogen-bond acceptors (Lipinski definition) is 6. The van der Waals surface area contributed by atoms with Gasteiger partial charge in [0, 0.05) is 5.41 Å². The lowest BCUT2D eigenvalue weighted by molar-refractivity contribution is -0.150. The highest BCUT2D eigenvalue weighted by Crippen LogP contribution is 2.14. The highest BCUT2D eigenvalue weighted by atomic mass is 16.5. The molecule has 0 N–H and O–H groups in total. The number of carbonyl (C=O) groups is 2. The standard InChI is InChI=1S/C15H17N3O4/c1-15(2,3)12(19)9-22-13(20)8-18-14(21)10-6-4-5-7-11(10)16-17-18/h4-7H,8-9H2,1-3H3. The molecule has 1 aromatic heterocycles. The van der Waals surface area contributed by atoms with Crippen LogP contribution in [0.5, 0.6) is 0 Å². The first-order valence-corrected chi connectivity index (χ1v) is 6.80. The molecule has 116 valence electrons. The van der Waals surface area contributed by atoms with E-state index in [-0.39, 0.29) is 18.9 Å². The second kappa shape index (κ2) is 6.05. The van der Waals surface area contributed by atoms with Gasteiger partial charge in [-0.2, -0.15) is 4.68 Å². The van der Waals surface area contributed by atoms with Crippen LogP contribution in [0.15, 0.2) is 29.1 Å². The van der Waals surface area contributed by atoms with Gasteiger partial charge in [-0.05, 0) is 12.1 Å². The fraction of sp³-hybridized carbons (Fsp3) is 0.400. The van der Waals surface area contributed by atoms with Gasteiger partial charge in [-0.3, -0.25) is 14.4 Å². The summed E-state index contributed by atoms with van der Waals surface area (Å²) in [6.45, 7) is 4.51. The number of ether oxygens (including phenoxy) is 1. The molecule has 0 bridgehead atoms. The van der Waals surface area contributed by atoms with E-state index in [2.05, 4.69) is 10.3 Å². The second-order valence-electron chi connectivity index (χ2n) is 5.90. The van der Waals surface area contributed by atoms with E-state index in [1.165, 1.54) is 0 Å². The summed E-state index contributed by atoms with van der Waals surface area (Å²) in [4.78, 5) is 35.6. The molecule has 0 spiro atoms. The minimum Gasteiger partial charge on any atom is -0.456 e. The maximum absolute atomic E-state index is 12.1. The summed E-state index contributed by atoms with van der Waals surface area (Å²) in [6.07, 6.45) is 0. The van der Waals surface area contributed by atoms with Crippen LogP contribution in [0.2, 0.25) is 0 Å². The van der Waals surface area contributed by atoms with E-state index in [0.717, 1.165) is 4.68 Å². The van der Waals surface area contributed by atoms with Gasteiger partial charge < -0.3 is 4.74 Å². The summed E-state index contributed by atoms with van der Waals surface area (Å²) in [5, 5.41) is 7.93. The normalized spacial score (nSPS) is 11.4. The van der Waals surface area contributed by atoms with E-state index in [1.54, 1.807) is 45.0 Å². The Bertz CT molecular complexity index is 774. The van der Waals surface area contributed by atoms with E-state index in [4.69, 9.17) is 4.74 Å². The van der Waals surface area contributed by atoms with Crippen LogP contribution in [0.25, 0.3) is 10.9 Å². The van der Waals surface area contributed by atoms with Gasteiger partial charge in [-0.25, -0.2) is 0 Å². The number of Topliss-reactive ketones (excluding diaryl/α,β-unsaturated/α-hetero) is 1. The fourth-order valence-electron chi connectivity index (χ4n) is 1.66. The first kappa shape index (κ1) is 15.8. The Balaban J connectivity index is 2.08. The number of fused-ring (bicyclic) bond motifs is 1. The SMILES string of the molecule is CC(C)(C)C(=O)COC(=O)Cn1nnc2ccccc2c1=O. The molecule has 0 amide bonds. The van der Waals surface area contributed by atoms with Crippen LogP contribution in [0.1, 0.15) is 20.8 Å². The van der Waals surface area contributed by atoms with E-state index in [0.29, 0.717) is 10.9 Å². The molecule has 0 unspecified atom stereocenters. The number of esters is 1. The molecule has 0 saturated carbocycles. The molecule has 0 atom stereocenters. The smallest absolute Gasteiger partial charge is 0.328 e. The predicted molar refractivity (Wildman–Crippen MR) is 79.2 cm³/mol. The van der Waals surface area contributed by atoms with Crippen molar-refractivity contribution in [3.8, 4) is 0 Å². The Morgan fingerprint density at radius 3 is 2.59 bits per heavy atom. The average molecular weight is 303 g/mol. The third kappa shape index (κ3) is 3.55. The van der Waals surface area contributed by atoms with Crippen LogP contribution in [0.4, 0.5) is 0 Å². The third-order valence-electron chi connectivity index (χ3n) is 3.11. The molecule has 0 aliphatic rings. The summed E-state index contributed by atoms with van der Waals surface area (Å²) in [7, 11) is 0. The summed E-state index contributed by atoms with van der Waals surface area (Å²) in [6, 6.07) is 6.72. The number of nitrogens with zero attached hydrogens (tertiary/aromatic N) is 3. The molecule has 22 heavy (non-hydrogen) atoms. The van der Waals surface area contributed by atoms with E-state index in [1.807, 2.05) is 0 Å². The maximum atomic E-state index is 12.1. The van der Waals surface area contributed by atoms with Crippen molar-refractivity contribution in [1.82, 2.24) is 15.0 Å². The van der Waals surface area contributed by atoms with E-state index < -0.39 is 16.9 Å². The van der Waals surface area contributed by atoms with Gasteiger partial charge in [-0.15, -0.1) is 5.10 Å². The first-order chi connectivity index (χ1) is 10.3. The van der Waals surface area contributed by atoms with Crippen molar-refractivity contribution in [2.45, 2.75) is 27.3 Å². The molecule has 0 aliphatic carbocycles. The lowest BCUT2D eigenvalue weighted by atomic mass is 9.91. The first-order valence-electron chi connectivity index (χ1n) is 6.80. The van der Waals surface area contributed by atoms with Gasteiger partial charge in [-0.1, -0.05) is 38.1 Å². The van der Waals surface area contributed by atoms with Gasteiger partial charge in [0.05, 0.1) is 5.39 Å². The molecular formula is C15H17N3O4. The summed E-state index contributed by atoms with van der Waals surface area (Å²) >= 11 is 0. The Labute approximate surface area is 126 Å². The number of aromatic nitrogens is 3. The summed E-state index contributed by atoms with van der Waals surface area (Å²) in [5.74, 6) is -0.901. The molecule has 0 radical (unpaired) electrons. The zero-order chi connectivity index (χ0) is 16.3. The lowest BCUT2D eigenvalue weighted by Gasteiger charge is -2.16. The molecule has 0 aliphatic heterocycles. The molecule has 7 nitrogen and oxygen atoms in total. The molecule has 7 heteroatoms. The van der Waals surface area contributed by atoms with Crippen molar-refractivity contribution < 1.29 is 14.3 Å². The Morgan fingerprint density at radius 1 is 1.23 bits per heavy atom. The van der Waals surface area contributed by atoms with Crippen molar-refractivity contribution in [2.75, 3.05) is 6.61 Å². The van der Waals surface area contributed by atoms with Crippen molar-refractivity contribution in [3.63, 3.8) is 0 Å². The maximum Gasteiger partial charge on any atom is 0.328 e. The quantitative estimate of drug-likeness (QED) is 0.781. The van der Waals surface area contributed by atoms with Gasteiger partial charge in [0.15, 0.2) is 12.4 Å². The molecule has 0 saturated heterocycles. The summed E-state index contributed by atoms with van der Waals surface area (Å²) < 4.78 is 5.81. The molecule has 0 fully saturated rings. The van der Waals surface area contributed by atoms with Crippen LogP contribution in [0.3, 0.4) is 0 Å². The Morgan fingerprint density at radius 2 is 1.91 bits per heavy atom. The Kier molecular flexibility index (Phi) is 4.35. The molecule has 1 aromatic carbocycles. The monoisotopic (exact) mass is 303 g/mol. The number of rotatable bonds is 4. The van der Waals surface area contributed by atoms with E-state index >= 15 is 0 Å². The fourth-order valence-corrected chi connectivity index (χ4v) is 1.66. The van der Waals surface area contributed by atoms with Gasteiger partial charge in [0.1, 0.15) is 12.1 Å². The number of hydrogen-bond donors (Lipinski definition) is 0. The minimum atomic E-state index is -0.704. The highest BCUT2D eigenvalue weighted by molar-refractivity contribution is 5.86. The van der Waals surface area contributed by atoms with Crippen molar-refractivity contribution in [1.29, 1.82) is 0 Å². The number of carbonyl (C=O) groups excluding carboxylic acids is 2. The highest BCUT2D eigenvalue weighted by Gasteiger charge is 2.22. The molecule has 1 heterocycles. The largest absolute Gasteiger partial charge is 0.456 e. The van der Waals surface area contributed by atoms with Crippen LogP contribution >= 0.6 is 0 Å². The topological polar surface area (TPSA) is 91.2 Å². The van der Waals surface area contributed by atoms with Crippen LogP contribution in [0, 0.1) is 5.41 Å². The van der Waals surface area contributed by atoms with Crippen molar-refractivity contribution in [3.05, 3.63) is 34.6 Å². The zero-order valence-corrected chi connectivity index (χ0v) is 12.7. The minimum absolute atomic E-state index is 0.196. The van der Waals surface area contributed by atoms with Crippen LogP contribution in [-0.2, 0) is 20.9 Å².